The van der Waals surface area contributed by atoms with Crippen molar-refractivity contribution < 1.29 is 36.0 Å². The summed E-state index contributed by atoms with van der Waals surface area (Å²) in [4.78, 5) is 2.08. The maximum Gasteiger partial charge on any atom is 0.300 e. The zero-order valence-corrected chi connectivity index (χ0v) is 17.3. The van der Waals surface area contributed by atoms with Gasteiger partial charge in [-0.2, -0.15) is 8.42 Å². The predicted molar refractivity (Wildman–Crippen MR) is 104 cm³/mol. The van der Waals surface area contributed by atoms with E-state index in [9.17, 15) is 31.8 Å². The molecule has 31 heavy (non-hydrogen) atoms. The molecule has 0 heterocycles. The normalized spacial score (nSPS) is 16.1. The SMILES string of the molecule is Cc1ccc(S(=O)(=O)OCC(F)(F)[C@@H](O)[C@H](O)[C@](C)(N=[N+]=[N-])c2ccccc2F)cc1. The molecule has 0 saturated heterocycles. The molecule has 2 rings (SSSR count). The van der Waals surface area contributed by atoms with E-state index < -0.39 is 51.8 Å². The molecule has 0 amide bonds. The third kappa shape index (κ3) is 5.35. The fraction of sp³-hybridized carbons (Fsp3) is 0.368. The topological polar surface area (TPSA) is 133 Å². The summed E-state index contributed by atoms with van der Waals surface area (Å²) in [5.41, 5.74) is 6.75. The van der Waals surface area contributed by atoms with Crippen LogP contribution >= 0.6 is 0 Å². The number of alkyl halides is 2. The molecule has 2 aromatic carbocycles. The van der Waals surface area contributed by atoms with Crippen LogP contribution in [0.3, 0.4) is 0 Å². The summed E-state index contributed by atoms with van der Waals surface area (Å²) in [5, 5.41) is 23.7. The van der Waals surface area contributed by atoms with Gasteiger partial charge in [0.25, 0.3) is 16.0 Å². The van der Waals surface area contributed by atoms with Gasteiger partial charge in [-0.15, -0.1) is 0 Å². The van der Waals surface area contributed by atoms with Gasteiger partial charge in [0.2, 0.25) is 0 Å². The van der Waals surface area contributed by atoms with Crippen LogP contribution in [0.2, 0.25) is 0 Å². The van der Waals surface area contributed by atoms with Crippen LogP contribution < -0.4 is 0 Å². The van der Waals surface area contributed by atoms with E-state index in [1.165, 1.54) is 24.3 Å². The maximum atomic E-state index is 14.5. The number of benzene rings is 2. The van der Waals surface area contributed by atoms with Crippen LogP contribution in [0.5, 0.6) is 0 Å². The minimum absolute atomic E-state index is 0.380. The highest BCUT2D eigenvalue weighted by atomic mass is 32.2. The minimum atomic E-state index is -4.59. The van der Waals surface area contributed by atoms with E-state index in [0.29, 0.717) is 0 Å². The van der Waals surface area contributed by atoms with Crippen LogP contribution in [0.1, 0.15) is 18.1 Å². The molecule has 2 aromatic rings. The first-order valence-corrected chi connectivity index (χ1v) is 10.3. The average Bonchev–Trinajstić information content (AvgIpc) is 2.72. The smallest absolute Gasteiger partial charge is 0.300 e. The van der Waals surface area contributed by atoms with Crippen molar-refractivity contribution in [1.82, 2.24) is 0 Å². The molecule has 0 bridgehead atoms. The van der Waals surface area contributed by atoms with Gasteiger partial charge >= 0.3 is 0 Å². The Kier molecular flexibility index (Phi) is 7.35. The summed E-state index contributed by atoms with van der Waals surface area (Å²) in [6, 6.07) is 9.84. The van der Waals surface area contributed by atoms with Gasteiger partial charge in [-0.1, -0.05) is 41.0 Å². The van der Waals surface area contributed by atoms with Gasteiger partial charge < -0.3 is 10.2 Å². The molecule has 0 saturated carbocycles. The Morgan fingerprint density at radius 3 is 2.26 bits per heavy atom. The molecule has 0 unspecified atom stereocenters. The maximum absolute atomic E-state index is 14.5. The molecule has 0 spiro atoms. The van der Waals surface area contributed by atoms with E-state index in [-0.39, 0.29) is 4.90 Å². The van der Waals surface area contributed by atoms with Crippen LogP contribution in [0, 0.1) is 12.7 Å². The van der Waals surface area contributed by atoms with Crippen molar-refractivity contribution in [2.75, 3.05) is 6.61 Å². The van der Waals surface area contributed by atoms with E-state index in [2.05, 4.69) is 14.2 Å². The van der Waals surface area contributed by atoms with E-state index in [4.69, 9.17) is 5.53 Å². The number of hydrogen-bond donors (Lipinski definition) is 2. The molecule has 2 N–H and O–H groups in total. The van der Waals surface area contributed by atoms with Gasteiger partial charge in [0, 0.05) is 10.5 Å². The summed E-state index contributed by atoms with van der Waals surface area (Å²) in [6.45, 7) is 0.837. The molecular formula is C19H20F3N3O5S. The van der Waals surface area contributed by atoms with Crippen LogP contribution in [0.15, 0.2) is 58.5 Å². The van der Waals surface area contributed by atoms with Gasteiger partial charge in [0.15, 0.2) is 0 Å². The second-order valence-electron chi connectivity index (χ2n) is 7.00. The van der Waals surface area contributed by atoms with Gasteiger partial charge in [-0.05, 0) is 37.6 Å². The molecule has 3 atom stereocenters. The number of hydrogen-bond acceptors (Lipinski definition) is 6. The van der Waals surface area contributed by atoms with E-state index >= 15 is 0 Å². The molecular weight excluding hydrogens is 439 g/mol. The Hall–Kier alpha value is -2.63. The zero-order chi connectivity index (χ0) is 23.4. The predicted octanol–water partition coefficient (Wildman–Crippen LogP) is 3.42. The summed E-state index contributed by atoms with van der Waals surface area (Å²) in [5.74, 6) is -5.28. The Morgan fingerprint density at radius 2 is 1.71 bits per heavy atom. The van der Waals surface area contributed by atoms with Crippen molar-refractivity contribution in [2.45, 2.75) is 42.4 Å². The molecule has 0 aliphatic rings. The summed E-state index contributed by atoms with van der Waals surface area (Å²) < 4.78 is 71.9. The van der Waals surface area contributed by atoms with Gasteiger partial charge in [0.1, 0.15) is 30.2 Å². The number of azide groups is 1. The lowest BCUT2D eigenvalue weighted by Gasteiger charge is -2.36. The zero-order valence-electron chi connectivity index (χ0n) is 16.5. The van der Waals surface area contributed by atoms with E-state index in [0.717, 1.165) is 36.8 Å². The quantitative estimate of drug-likeness (QED) is 0.257. The third-order valence-corrected chi connectivity index (χ3v) is 5.97. The summed E-state index contributed by atoms with van der Waals surface area (Å²) in [6.07, 6.45) is -5.48. The first-order valence-electron chi connectivity index (χ1n) is 8.86. The second kappa shape index (κ2) is 9.25. The second-order valence-corrected chi connectivity index (χ2v) is 8.61. The highest BCUT2D eigenvalue weighted by Crippen LogP contribution is 2.37. The molecule has 0 aliphatic heterocycles. The van der Waals surface area contributed by atoms with Crippen LogP contribution in [0.25, 0.3) is 10.4 Å². The molecule has 0 radical (unpaired) electrons. The van der Waals surface area contributed by atoms with E-state index in [1.54, 1.807) is 6.92 Å². The monoisotopic (exact) mass is 459 g/mol. The molecule has 168 valence electrons. The Morgan fingerprint density at radius 1 is 1.13 bits per heavy atom. The Bertz CT molecular complexity index is 1080. The van der Waals surface area contributed by atoms with Gasteiger partial charge in [-0.3, -0.25) is 4.18 Å². The third-order valence-electron chi connectivity index (χ3n) is 4.70. The number of halogens is 3. The number of nitrogens with zero attached hydrogens (tertiary/aromatic N) is 3. The minimum Gasteiger partial charge on any atom is -0.389 e. The van der Waals surface area contributed by atoms with Crippen molar-refractivity contribution in [1.29, 1.82) is 0 Å². The van der Waals surface area contributed by atoms with Crippen molar-refractivity contribution in [3.05, 3.63) is 75.9 Å². The van der Waals surface area contributed by atoms with Crippen LogP contribution in [0.4, 0.5) is 13.2 Å². The highest BCUT2D eigenvalue weighted by molar-refractivity contribution is 7.86. The van der Waals surface area contributed by atoms with Crippen molar-refractivity contribution in [3.8, 4) is 0 Å². The molecule has 8 nitrogen and oxygen atoms in total. The first kappa shape index (κ1) is 24.6. The van der Waals surface area contributed by atoms with Gasteiger partial charge in [-0.25, -0.2) is 13.2 Å². The number of aliphatic hydroxyl groups excluding tert-OH is 2. The molecule has 12 heteroatoms. The number of aliphatic hydroxyl groups is 2. The molecule has 0 aromatic heterocycles. The lowest BCUT2D eigenvalue weighted by atomic mass is 9.82. The standard InChI is InChI=1S/C19H20F3N3O5S/c1-12-7-9-13(10-8-12)31(28,29)30-11-19(21,22)17(27)16(26)18(2,24-25-23)14-5-3-4-6-15(14)20/h3-10,16-17,26-27H,11H2,1-2H3/t16-,17-,18+/m0/s1. The molecule has 0 fully saturated rings. The number of aryl methyl sites for hydroxylation is 1. The average molecular weight is 459 g/mol. The van der Waals surface area contributed by atoms with Gasteiger partial charge in [0.05, 0.1) is 4.90 Å². The summed E-state index contributed by atoms with van der Waals surface area (Å²) >= 11 is 0. The first-order chi connectivity index (χ1) is 14.3. The lowest BCUT2D eigenvalue weighted by molar-refractivity contribution is -0.179. The van der Waals surface area contributed by atoms with Crippen molar-refractivity contribution >= 4 is 10.1 Å². The Balaban J connectivity index is 2.28. The summed E-state index contributed by atoms with van der Waals surface area (Å²) in [7, 11) is -4.59. The molecule has 0 aliphatic carbocycles. The van der Waals surface area contributed by atoms with Crippen molar-refractivity contribution in [3.63, 3.8) is 0 Å². The highest BCUT2D eigenvalue weighted by Gasteiger charge is 2.51. The largest absolute Gasteiger partial charge is 0.389 e. The van der Waals surface area contributed by atoms with Crippen LogP contribution in [-0.4, -0.2) is 43.4 Å². The fourth-order valence-corrected chi connectivity index (χ4v) is 3.71. The lowest BCUT2D eigenvalue weighted by Crippen LogP contribution is -2.53. The fourth-order valence-electron chi connectivity index (χ4n) is 2.79. The number of rotatable bonds is 9. The van der Waals surface area contributed by atoms with Crippen molar-refractivity contribution in [2.24, 2.45) is 5.11 Å². The van der Waals surface area contributed by atoms with E-state index in [1.807, 2.05) is 0 Å². The van der Waals surface area contributed by atoms with Crippen LogP contribution in [-0.2, 0) is 19.8 Å². The Labute approximate surface area is 176 Å².